The van der Waals surface area contributed by atoms with E-state index in [-0.39, 0.29) is 24.8 Å². The number of imide groups is 1. The Kier molecular flexibility index (Phi) is 5.20. The third-order valence-corrected chi connectivity index (χ3v) is 5.38. The third-order valence-electron chi connectivity index (χ3n) is 5.38. The predicted molar refractivity (Wildman–Crippen MR) is 108 cm³/mol. The highest BCUT2D eigenvalue weighted by molar-refractivity contribution is 6.07. The number of para-hydroxylation sites is 1. The van der Waals surface area contributed by atoms with Crippen molar-refractivity contribution in [2.75, 3.05) is 11.9 Å². The van der Waals surface area contributed by atoms with E-state index in [9.17, 15) is 14.4 Å². The summed E-state index contributed by atoms with van der Waals surface area (Å²) in [6, 6.07) is 16.1. The largest absolute Gasteiger partial charge is 0.457 e. The van der Waals surface area contributed by atoms with Gasteiger partial charge < -0.3 is 15.4 Å². The van der Waals surface area contributed by atoms with Gasteiger partial charge in [0.2, 0.25) is 5.91 Å². The molecule has 0 aromatic heterocycles. The molecule has 0 radical (unpaired) electrons. The molecule has 0 bridgehead atoms. The van der Waals surface area contributed by atoms with E-state index >= 15 is 0 Å². The minimum Gasteiger partial charge on any atom is -0.457 e. The van der Waals surface area contributed by atoms with E-state index in [1.807, 2.05) is 30.3 Å². The van der Waals surface area contributed by atoms with Gasteiger partial charge in [0.1, 0.15) is 17.0 Å². The molecule has 1 spiro atoms. The van der Waals surface area contributed by atoms with Gasteiger partial charge in [-0.25, -0.2) is 4.79 Å². The number of rotatable bonds is 6. The van der Waals surface area contributed by atoms with Gasteiger partial charge in [0.25, 0.3) is 5.91 Å². The van der Waals surface area contributed by atoms with E-state index in [0.29, 0.717) is 24.3 Å². The van der Waals surface area contributed by atoms with Gasteiger partial charge >= 0.3 is 6.03 Å². The Morgan fingerprint density at radius 1 is 1.00 bits per heavy atom. The van der Waals surface area contributed by atoms with Crippen LogP contribution in [0.25, 0.3) is 0 Å². The number of anilines is 1. The highest BCUT2D eigenvalue weighted by atomic mass is 16.5. The normalized spacial score (nSPS) is 17.4. The lowest BCUT2D eigenvalue weighted by Gasteiger charge is -2.19. The van der Waals surface area contributed by atoms with Crippen molar-refractivity contribution in [1.29, 1.82) is 0 Å². The predicted octanol–water partition coefficient (Wildman–Crippen LogP) is 3.67. The molecular formula is C22H23N3O4. The summed E-state index contributed by atoms with van der Waals surface area (Å²) in [5.41, 5.74) is -0.109. The highest BCUT2D eigenvalue weighted by Crippen LogP contribution is 2.35. The summed E-state index contributed by atoms with van der Waals surface area (Å²) in [5.74, 6) is 0.943. The van der Waals surface area contributed by atoms with Crippen molar-refractivity contribution < 1.29 is 19.1 Å². The molecule has 2 aliphatic rings. The third kappa shape index (κ3) is 4.08. The summed E-state index contributed by atoms with van der Waals surface area (Å²) in [4.78, 5) is 38.2. The maximum atomic E-state index is 12.6. The summed E-state index contributed by atoms with van der Waals surface area (Å²) in [7, 11) is 0. The van der Waals surface area contributed by atoms with Crippen molar-refractivity contribution in [2.24, 2.45) is 0 Å². The van der Waals surface area contributed by atoms with Crippen LogP contribution in [-0.2, 0) is 9.59 Å². The van der Waals surface area contributed by atoms with Gasteiger partial charge in [0.05, 0.1) is 0 Å². The lowest BCUT2D eigenvalue weighted by Crippen LogP contribution is -2.44. The van der Waals surface area contributed by atoms with Gasteiger partial charge in [-0.1, -0.05) is 31.0 Å². The standard InChI is InChI=1S/C22H23N3O4/c26-19(12-15-25-20(27)22(24-21(25)28)13-4-5-14-22)23-16-8-10-18(11-9-16)29-17-6-2-1-3-7-17/h1-3,6-11H,4-5,12-15H2,(H,23,26)(H,24,28). The van der Waals surface area contributed by atoms with Crippen molar-refractivity contribution in [2.45, 2.75) is 37.6 Å². The number of benzene rings is 2. The highest BCUT2D eigenvalue weighted by Gasteiger charge is 2.52. The summed E-state index contributed by atoms with van der Waals surface area (Å²) >= 11 is 0. The topological polar surface area (TPSA) is 87.7 Å². The molecule has 1 heterocycles. The van der Waals surface area contributed by atoms with Crippen LogP contribution < -0.4 is 15.4 Å². The van der Waals surface area contributed by atoms with Crippen LogP contribution in [0.4, 0.5) is 10.5 Å². The molecule has 4 rings (SSSR count). The summed E-state index contributed by atoms with van der Waals surface area (Å²) < 4.78 is 5.72. The van der Waals surface area contributed by atoms with Crippen molar-refractivity contribution in [3.63, 3.8) is 0 Å². The lowest BCUT2D eigenvalue weighted by atomic mass is 9.98. The zero-order chi connectivity index (χ0) is 20.3. The number of hydrogen-bond donors (Lipinski definition) is 2. The van der Waals surface area contributed by atoms with E-state index < -0.39 is 11.6 Å². The second-order valence-electron chi connectivity index (χ2n) is 7.41. The average Bonchev–Trinajstić information content (AvgIpc) is 3.28. The second kappa shape index (κ2) is 7.95. The van der Waals surface area contributed by atoms with E-state index in [0.717, 1.165) is 18.6 Å². The number of ether oxygens (including phenoxy) is 1. The Morgan fingerprint density at radius 3 is 2.34 bits per heavy atom. The molecule has 150 valence electrons. The SMILES string of the molecule is O=C(CCN1C(=O)NC2(CCCC2)C1=O)Nc1ccc(Oc2ccccc2)cc1. The summed E-state index contributed by atoms with van der Waals surface area (Å²) in [6.07, 6.45) is 3.28. The zero-order valence-corrected chi connectivity index (χ0v) is 16.0. The fourth-order valence-corrected chi connectivity index (χ4v) is 3.86. The molecule has 1 saturated carbocycles. The minimum absolute atomic E-state index is 0.0531. The Morgan fingerprint density at radius 2 is 1.66 bits per heavy atom. The first kappa shape index (κ1) is 19.0. The molecule has 2 fully saturated rings. The maximum absolute atomic E-state index is 12.6. The van der Waals surface area contributed by atoms with Crippen LogP contribution in [0, 0.1) is 0 Å². The molecule has 2 N–H and O–H groups in total. The molecule has 0 unspecified atom stereocenters. The van der Waals surface area contributed by atoms with Gasteiger partial charge in [0, 0.05) is 18.7 Å². The van der Waals surface area contributed by atoms with Crippen LogP contribution in [0.2, 0.25) is 0 Å². The Balaban J connectivity index is 1.28. The van der Waals surface area contributed by atoms with Crippen LogP contribution in [0.15, 0.2) is 54.6 Å². The van der Waals surface area contributed by atoms with E-state index in [1.165, 1.54) is 4.90 Å². The van der Waals surface area contributed by atoms with E-state index in [2.05, 4.69) is 10.6 Å². The Labute approximate surface area is 169 Å². The summed E-state index contributed by atoms with van der Waals surface area (Å²) in [6.45, 7) is 0.0768. The van der Waals surface area contributed by atoms with E-state index in [4.69, 9.17) is 4.74 Å². The van der Waals surface area contributed by atoms with Crippen molar-refractivity contribution in [3.05, 3.63) is 54.6 Å². The van der Waals surface area contributed by atoms with Gasteiger partial charge in [0.15, 0.2) is 0 Å². The molecule has 1 saturated heterocycles. The fraction of sp³-hybridized carbons (Fsp3) is 0.318. The van der Waals surface area contributed by atoms with Crippen molar-refractivity contribution in [3.8, 4) is 11.5 Å². The number of nitrogens with one attached hydrogen (secondary N) is 2. The van der Waals surface area contributed by atoms with Crippen LogP contribution in [0.5, 0.6) is 11.5 Å². The van der Waals surface area contributed by atoms with Crippen LogP contribution in [-0.4, -0.2) is 34.8 Å². The molecule has 4 amide bonds. The molecule has 1 aliphatic heterocycles. The molecule has 7 heteroatoms. The number of urea groups is 1. The average molecular weight is 393 g/mol. The molecule has 2 aromatic carbocycles. The number of amides is 4. The van der Waals surface area contributed by atoms with Gasteiger partial charge in [-0.2, -0.15) is 0 Å². The fourth-order valence-electron chi connectivity index (χ4n) is 3.86. The van der Waals surface area contributed by atoms with Gasteiger partial charge in [-0.15, -0.1) is 0 Å². The van der Waals surface area contributed by atoms with Crippen LogP contribution >= 0.6 is 0 Å². The number of carbonyl (C=O) groups is 3. The molecule has 7 nitrogen and oxygen atoms in total. The quantitative estimate of drug-likeness (QED) is 0.733. The van der Waals surface area contributed by atoms with Crippen molar-refractivity contribution >= 4 is 23.5 Å². The smallest absolute Gasteiger partial charge is 0.325 e. The maximum Gasteiger partial charge on any atom is 0.325 e. The molecular weight excluding hydrogens is 370 g/mol. The molecule has 1 aliphatic carbocycles. The van der Waals surface area contributed by atoms with Gasteiger partial charge in [-0.05, 0) is 49.2 Å². The van der Waals surface area contributed by atoms with Crippen LogP contribution in [0.1, 0.15) is 32.1 Å². The zero-order valence-electron chi connectivity index (χ0n) is 16.0. The van der Waals surface area contributed by atoms with E-state index in [1.54, 1.807) is 24.3 Å². The minimum atomic E-state index is -0.734. The summed E-state index contributed by atoms with van der Waals surface area (Å²) in [5, 5.41) is 5.60. The first-order valence-corrected chi connectivity index (χ1v) is 9.83. The number of carbonyl (C=O) groups excluding carboxylic acids is 3. The number of nitrogens with zero attached hydrogens (tertiary/aromatic N) is 1. The molecule has 29 heavy (non-hydrogen) atoms. The Hall–Kier alpha value is -3.35. The molecule has 0 atom stereocenters. The van der Waals surface area contributed by atoms with Gasteiger partial charge in [-0.3, -0.25) is 14.5 Å². The first-order chi connectivity index (χ1) is 14.1. The van der Waals surface area contributed by atoms with Crippen molar-refractivity contribution in [1.82, 2.24) is 10.2 Å². The molecule has 2 aromatic rings. The second-order valence-corrected chi connectivity index (χ2v) is 7.41. The number of hydrogen-bond acceptors (Lipinski definition) is 4. The monoisotopic (exact) mass is 393 g/mol. The van der Waals surface area contributed by atoms with Crippen LogP contribution in [0.3, 0.4) is 0 Å². The Bertz CT molecular complexity index is 905. The lowest BCUT2D eigenvalue weighted by molar-refractivity contribution is -0.131. The first-order valence-electron chi connectivity index (χ1n) is 9.83.